The quantitative estimate of drug-likeness (QED) is 0.554. The van der Waals surface area contributed by atoms with Gasteiger partial charge in [0.25, 0.3) is 0 Å². The third-order valence-corrected chi connectivity index (χ3v) is 4.19. The summed E-state index contributed by atoms with van der Waals surface area (Å²) < 4.78 is 4.72. The minimum absolute atomic E-state index is 0.238. The molecule has 2 rings (SSSR count). The molecule has 128 valence electrons. The Balaban J connectivity index is 2.18. The van der Waals surface area contributed by atoms with Crippen LogP contribution in [0, 0.1) is 0 Å². The van der Waals surface area contributed by atoms with Crippen LogP contribution in [-0.4, -0.2) is 18.2 Å². The largest absolute Gasteiger partial charge is 0.507 e. The van der Waals surface area contributed by atoms with E-state index in [4.69, 9.17) is 4.74 Å². The van der Waals surface area contributed by atoms with Gasteiger partial charge in [-0.1, -0.05) is 56.5 Å². The first-order chi connectivity index (χ1) is 11.6. The highest BCUT2D eigenvalue weighted by atomic mass is 16.5. The zero-order chi connectivity index (χ0) is 17.4. The smallest absolute Gasteiger partial charge is 0.309 e. The molecule has 0 aromatic heterocycles. The van der Waals surface area contributed by atoms with Crippen LogP contribution in [0.15, 0.2) is 42.5 Å². The van der Waals surface area contributed by atoms with Gasteiger partial charge in [-0.05, 0) is 41.7 Å². The van der Waals surface area contributed by atoms with Gasteiger partial charge in [-0.25, -0.2) is 0 Å². The first-order valence-electron chi connectivity index (χ1n) is 8.62. The number of esters is 1. The van der Waals surface area contributed by atoms with Crippen LogP contribution in [0.25, 0.3) is 11.1 Å². The molecule has 0 unspecified atom stereocenters. The third-order valence-electron chi connectivity index (χ3n) is 4.19. The van der Waals surface area contributed by atoms with Crippen LogP contribution in [0.4, 0.5) is 0 Å². The van der Waals surface area contributed by atoms with Gasteiger partial charge in [0.2, 0.25) is 0 Å². The standard InChI is InChI=1S/C21H26O3/c1-3-4-5-6-8-16-11-12-20(22)19(14-16)18-10-7-9-17(13-18)15-21(23)24-2/h7,9-14,22H,3-6,8,15H2,1-2H3. The zero-order valence-electron chi connectivity index (χ0n) is 14.5. The Morgan fingerprint density at radius 3 is 2.62 bits per heavy atom. The number of carbonyl (C=O) groups excluding carboxylic acids is 1. The zero-order valence-corrected chi connectivity index (χ0v) is 14.5. The summed E-state index contributed by atoms with van der Waals surface area (Å²) in [5.41, 5.74) is 3.85. The molecule has 3 nitrogen and oxygen atoms in total. The minimum atomic E-state index is -0.263. The molecule has 0 saturated carbocycles. The fraction of sp³-hybridized carbons (Fsp3) is 0.381. The van der Waals surface area contributed by atoms with Crippen molar-refractivity contribution in [2.24, 2.45) is 0 Å². The highest BCUT2D eigenvalue weighted by Gasteiger charge is 2.09. The average molecular weight is 326 g/mol. The lowest BCUT2D eigenvalue weighted by atomic mass is 9.97. The van der Waals surface area contributed by atoms with Gasteiger partial charge in [0, 0.05) is 5.56 Å². The summed E-state index contributed by atoms with van der Waals surface area (Å²) in [6, 6.07) is 13.5. The molecule has 3 heteroatoms. The molecule has 0 saturated heterocycles. The molecular weight excluding hydrogens is 300 g/mol. The van der Waals surface area contributed by atoms with Gasteiger partial charge in [0.15, 0.2) is 0 Å². The summed E-state index contributed by atoms with van der Waals surface area (Å²) in [6.45, 7) is 2.21. The number of hydrogen-bond acceptors (Lipinski definition) is 3. The van der Waals surface area contributed by atoms with Crippen LogP contribution in [0.5, 0.6) is 5.75 Å². The summed E-state index contributed by atoms with van der Waals surface area (Å²) in [7, 11) is 1.39. The molecule has 0 bridgehead atoms. The van der Waals surface area contributed by atoms with Crippen LogP contribution in [0.1, 0.15) is 43.7 Å². The number of ether oxygens (including phenoxy) is 1. The van der Waals surface area contributed by atoms with Crippen molar-refractivity contribution in [3.05, 3.63) is 53.6 Å². The molecule has 1 N–H and O–H groups in total. The second-order valence-electron chi connectivity index (χ2n) is 6.12. The molecule has 0 aliphatic carbocycles. The molecule has 0 amide bonds. The molecule has 24 heavy (non-hydrogen) atoms. The maximum Gasteiger partial charge on any atom is 0.309 e. The van der Waals surface area contributed by atoms with Crippen molar-refractivity contribution in [2.45, 2.75) is 45.4 Å². The lowest BCUT2D eigenvalue weighted by Crippen LogP contribution is -2.04. The van der Waals surface area contributed by atoms with Crippen molar-refractivity contribution in [3.63, 3.8) is 0 Å². The fourth-order valence-electron chi connectivity index (χ4n) is 2.81. The van der Waals surface area contributed by atoms with Gasteiger partial charge in [-0.2, -0.15) is 0 Å². The van der Waals surface area contributed by atoms with E-state index >= 15 is 0 Å². The summed E-state index contributed by atoms with van der Waals surface area (Å²) in [6.07, 6.45) is 6.16. The summed E-state index contributed by atoms with van der Waals surface area (Å²) in [5.74, 6) is 0.00331. The molecule has 2 aromatic rings. The van der Waals surface area contributed by atoms with E-state index in [1.165, 1.54) is 38.4 Å². The number of methoxy groups -OCH3 is 1. The first kappa shape index (κ1) is 18.1. The molecule has 0 heterocycles. The van der Waals surface area contributed by atoms with Crippen molar-refractivity contribution in [2.75, 3.05) is 7.11 Å². The molecule has 0 aliphatic heterocycles. The van der Waals surface area contributed by atoms with Gasteiger partial charge in [-0.3, -0.25) is 4.79 Å². The highest BCUT2D eigenvalue weighted by molar-refractivity contribution is 5.75. The number of aromatic hydroxyl groups is 1. The number of phenols is 1. The van der Waals surface area contributed by atoms with Crippen LogP contribution in [0.3, 0.4) is 0 Å². The van der Waals surface area contributed by atoms with Crippen molar-refractivity contribution in [1.29, 1.82) is 0 Å². The lowest BCUT2D eigenvalue weighted by Gasteiger charge is -2.10. The predicted molar refractivity (Wildman–Crippen MR) is 97.1 cm³/mol. The van der Waals surface area contributed by atoms with E-state index in [1.54, 1.807) is 6.07 Å². The van der Waals surface area contributed by atoms with Gasteiger partial charge in [0.05, 0.1) is 13.5 Å². The molecule has 0 radical (unpaired) electrons. The van der Waals surface area contributed by atoms with Crippen molar-refractivity contribution >= 4 is 5.97 Å². The number of unbranched alkanes of at least 4 members (excludes halogenated alkanes) is 3. The molecule has 0 fully saturated rings. The number of rotatable bonds is 8. The SMILES string of the molecule is CCCCCCc1ccc(O)c(-c2cccc(CC(=O)OC)c2)c1. The number of aryl methyl sites for hydroxylation is 1. The highest BCUT2D eigenvalue weighted by Crippen LogP contribution is 2.31. The number of benzene rings is 2. The first-order valence-corrected chi connectivity index (χ1v) is 8.62. The Kier molecular flexibility index (Phi) is 6.86. The van der Waals surface area contributed by atoms with E-state index in [0.29, 0.717) is 0 Å². The van der Waals surface area contributed by atoms with Crippen molar-refractivity contribution in [3.8, 4) is 16.9 Å². The third kappa shape index (κ3) is 5.12. The monoisotopic (exact) mass is 326 g/mol. The lowest BCUT2D eigenvalue weighted by molar-refractivity contribution is -0.139. The van der Waals surface area contributed by atoms with Crippen LogP contribution >= 0.6 is 0 Å². The molecule has 0 aliphatic rings. The van der Waals surface area contributed by atoms with E-state index in [9.17, 15) is 9.90 Å². The van der Waals surface area contributed by atoms with Crippen LogP contribution in [-0.2, 0) is 22.4 Å². The van der Waals surface area contributed by atoms with Crippen molar-refractivity contribution < 1.29 is 14.6 Å². The number of hydrogen-bond donors (Lipinski definition) is 1. The van der Waals surface area contributed by atoms with Crippen LogP contribution in [0.2, 0.25) is 0 Å². The van der Waals surface area contributed by atoms with E-state index in [-0.39, 0.29) is 18.1 Å². The Morgan fingerprint density at radius 1 is 1.04 bits per heavy atom. The number of carbonyl (C=O) groups is 1. The van der Waals surface area contributed by atoms with E-state index in [1.807, 2.05) is 30.3 Å². The second-order valence-corrected chi connectivity index (χ2v) is 6.12. The molecule has 0 spiro atoms. The minimum Gasteiger partial charge on any atom is -0.507 e. The Morgan fingerprint density at radius 2 is 1.88 bits per heavy atom. The summed E-state index contributed by atoms with van der Waals surface area (Å²) in [4.78, 5) is 11.4. The second kappa shape index (κ2) is 9.11. The predicted octanol–water partition coefficient (Wildman–Crippen LogP) is 4.90. The van der Waals surface area contributed by atoms with Gasteiger partial charge in [0.1, 0.15) is 5.75 Å². The molecule has 2 aromatic carbocycles. The molecule has 0 atom stereocenters. The van der Waals surface area contributed by atoms with E-state index in [2.05, 4.69) is 13.0 Å². The maximum atomic E-state index is 11.4. The average Bonchev–Trinajstić information content (AvgIpc) is 2.60. The Labute approximate surface area is 144 Å². The van der Waals surface area contributed by atoms with Gasteiger partial charge >= 0.3 is 5.97 Å². The van der Waals surface area contributed by atoms with E-state index < -0.39 is 0 Å². The van der Waals surface area contributed by atoms with Crippen LogP contribution < -0.4 is 0 Å². The fourth-order valence-corrected chi connectivity index (χ4v) is 2.81. The maximum absolute atomic E-state index is 11.4. The topological polar surface area (TPSA) is 46.5 Å². The van der Waals surface area contributed by atoms with Gasteiger partial charge in [-0.15, -0.1) is 0 Å². The van der Waals surface area contributed by atoms with E-state index in [0.717, 1.165) is 23.1 Å². The number of phenolic OH excluding ortho intramolecular Hbond substituents is 1. The van der Waals surface area contributed by atoms with Crippen molar-refractivity contribution in [1.82, 2.24) is 0 Å². The Bertz CT molecular complexity index is 677. The summed E-state index contributed by atoms with van der Waals surface area (Å²) in [5, 5.41) is 10.2. The molecular formula is C21H26O3. The normalized spacial score (nSPS) is 10.6. The van der Waals surface area contributed by atoms with Gasteiger partial charge < -0.3 is 9.84 Å². The Hall–Kier alpha value is -2.29. The summed E-state index contributed by atoms with van der Waals surface area (Å²) >= 11 is 0.